The zero-order valence-electron chi connectivity index (χ0n) is 7.52. The standard InChI is InChI=1S/C9H11NO3/c1-6(9(11)12)8-5-7(13-2)3-4-10-8/h3-6H,1-2H3,(H,11,12). The smallest absolute Gasteiger partial charge is 0.312 e. The lowest BCUT2D eigenvalue weighted by molar-refractivity contribution is -0.138. The molecule has 0 bridgehead atoms. The Morgan fingerprint density at radius 2 is 2.38 bits per heavy atom. The Morgan fingerprint density at radius 3 is 2.92 bits per heavy atom. The van der Waals surface area contributed by atoms with E-state index in [1.54, 1.807) is 19.1 Å². The molecular formula is C9H11NO3. The van der Waals surface area contributed by atoms with E-state index in [9.17, 15) is 4.79 Å². The molecule has 0 aliphatic rings. The van der Waals surface area contributed by atoms with Gasteiger partial charge in [-0.15, -0.1) is 0 Å². The molecule has 0 saturated heterocycles. The average Bonchev–Trinajstić information content (AvgIpc) is 2.16. The predicted molar refractivity (Wildman–Crippen MR) is 46.8 cm³/mol. The zero-order chi connectivity index (χ0) is 9.84. The van der Waals surface area contributed by atoms with E-state index in [4.69, 9.17) is 9.84 Å². The number of carboxylic acid groups (broad SMARTS) is 1. The van der Waals surface area contributed by atoms with Crippen LogP contribution in [-0.4, -0.2) is 23.2 Å². The average molecular weight is 181 g/mol. The molecule has 1 aromatic heterocycles. The number of carboxylic acids is 1. The summed E-state index contributed by atoms with van der Waals surface area (Å²) in [5.74, 6) is -0.867. The molecular weight excluding hydrogens is 170 g/mol. The highest BCUT2D eigenvalue weighted by Crippen LogP contribution is 2.17. The minimum absolute atomic E-state index is 0.506. The monoisotopic (exact) mass is 181 g/mol. The van der Waals surface area contributed by atoms with Crippen molar-refractivity contribution in [2.45, 2.75) is 12.8 Å². The Balaban J connectivity index is 2.94. The molecule has 0 amide bonds. The van der Waals surface area contributed by atoms with Crippen LogP contribution >= 0.6 is 0 Å². The molecule has 0 aromatic carbocycles. The molecule has 1 unspecified atom stereocenters. The van der Waals surface area contributed by atoms with Gasteiger partial charge in [-0.25, -0.2) is 0 Å². The molecule has 13 heavy (non-hydrogen) atoms. The number of carbonyl (C=O) groups is 1. The number of aliphatic carboxylic acids is 1. The lowest BCUT2D eigenvalue weighted by Gasteiger charge is -2.06. The molecule has 4 heteroatoms. The number of hydrogen-bond donors (Lipinski definition) is 1. The summed E-state index contributed by atoms with van der Waals surface area (Å²) in [5, 5.41) is 8.72. The van der Waals surface area contributed by atoms with E-state index >= 15 is 0 Å². The van der Waals surface area contributed by atoms with Gasteiger partial charge in [-0.1, -0.05) is 0 Å². The zero-order valence-corrected chi connectivity index (χ0v) is 7.52. The number of aromatic nitrogens is 1. The first-order chi connectivity index (χ1) is 6.15. The lowest BCUT2D eigenvalue weighted by Crippen LogP contribution is -2.09. The Bertz CT molecular complexity index is 311. The van der Waals surface area contributed by atoms with Crippen molar-refractivity contribution in [3.63, 3.8) is 0 Å². The van der Waals surface area contributed by atoms with Crippen LogP contribution in [0.5, 0.6) is 5.75 Å². The first-order valence-electron chi connectivity index (χ1n) is 3.88. The quantitative estimate of drug-likeness (QED) is 0.763. The van der Waals surface area contributed by atoms with Gasteiger partial charge >= 0.3 is 5.97 Å². The van der Waals surface area contributed by atoms with Gasteiger partial charge in [0.15, 0.2) is 0 Å². The summed E-state index contributed by atoms with van der Waals surface area (Å²) in [4.78, 5) is 14.6. The molecule has 0 spiro atoms. The Hall–Kier alpha value is -1.58. The van der Waals surface area contributed by atoms with Gasteiger partial charge in [0, 0.05) is 12.3 Å². The van der Waals surface area contributed by atoms with Crippen LogP contribution < -0.4 is 4.74 Å². The lowest BCUT2D eigenvalue weighted by atomic mass is 10.1. The topological polar surface area (TPSA) is 59.4 Å². The van der Waals surface area contributed by atoms with Crippen LogP contribution in [0.1, 0.15) is 18.5 Å². The van der Waals surface area contributed by atoms with E-state index in [1.165, 1.54) is 13.3 Å². The molecule has 0 radical (unpaired) electrons. The van der Waals surface area contributed by atoms with Crippen LogP contribution in [-0.2, 0) is 4.79 Å². The van der Waals surface area contributed by atoms with Gasteiger partial charge in [0.2, 0.25) is 0 Å². The van der Waals surface area contributed by atoms with Gasteiger partial charge in [-0.05, 0) is 13.0 Å². The second kappa shape index (κ2) is 3.89. The summed E-state index contributed by atoms with van der Waals surface area (Å²) in [7, 11) is 1.53. The van der Waals surface area contributed by atoms with Gasteiger partial charge < -0.3 is 9.84 Å². The minimum atomic E-state index is -0.888. The van der Waals surface area contributed by atoms with Crippen LogP contribution in [0.15, 0.2) is 18.3 Å². The molecule has 0 fully saturated rings. The maximum atomic E-state index is 10.6. The number of ether oxygens (including phenoxy) is 1. The predicted octanol–water partition coefficient (Wildman–Crippen LogP) is 1.28. The van der Waals surface area contributed by atoms with Gasteiger partial charge in [0.1, 0.15) is 5.75 Å². The third-order valence-electron chi connectivity index (χ3n) is 1.80. The fourth-order valence-corrected chi connectivity index (χ4v) is 0.918. The molecule has 1 atom stereocenters. The molecule has 0 saturated carbocycles. The van der Waals surface area contributed by atoms with Crippen molar-refractivity contribution in [2.75, 3.05) is 7.11 Å². The SMILES string of the molecule is COc1ccnc(C(C)C(=O)O)c1. The van der Waals surface area contributed by atoms with Crippen LogP contribution in [0.3, 0.4) is 0 Å². The Kier molecular flexibility index (Phi) is 2.84. The Morgan fingerprint density at radius 1 is 1.69 bits per heavy atom. The molecule has 0 aliphatic carbocycles. The van der Waals surface area contributed by atoms with Gasteiger partial charge in [0.05, 0.1) is 18.7 Å². The largest absolute Gasteiger partial charge is 0.497 e. The normalized spacial score (nSPS) is 12.2. The molecule has 1 N–H and O–H groups in total. The van der Waals surface area contributed by atoms with Crippen LogP contribution in [0.25, 0.3) is 0 Å². The fourth-order valence-electron chi connectivity index (χ4n) is 0.918. The Labute approximate surface area is 76.2 Å². The van der Waals surface area contributed by atoms with E-state index in [0.29, 0.717) is 11.4 Å². The highest BCUT2D eigenvalue weighted by atomic mass is 16.5. The van der Waals surface area contributed by atoms with Crippen molar-refractivity contribution in [3.05, 3.63) is 24.0 Å². The van der Waals surface area contributed by atoms with Gasteiger partial charge in [-0.3, -0.25) is 9.78 Å². The molecule has 0 aliphatic heterocycles. The van der Waals surface area contributed by atoms with Crippen LogP contribution in [0.4, 0.5) is 0 Å². The molecule has 70 valence electrons. The highest BCUT2D eigenvalue weighted by molar-refractivity contribution is 5.74. The number of methoxy groups -OCH3 is 1. The van der Waals surface area contributed by atoms with E-state index < -0.39 is 11.9 Å². The van der Waals surface area contributed by atoms with Crippen molar-refractivity contribution >= 4 is 5.97 Å². The van der Waals surface area contributed by atoms with E-state index in [2.05, 4.69) is 4.98 Å². The van der Waals surface area contributed by atoms with Crippen molar-refractivity contribution < 1.29 is 14.6 Å². The van der Waals surface area contributed by atoms with Crippen molar-refractivity contribution in [1.82, 2.24) is 4.98 Å². The van der Waals surface area contributed by atoms with E-state index in [-0.39, 0.29) is 0 Å². The second-order valence-corrected chi connectivity index (χ2v) is 2.68. The fraction of sp³-hybridized carbons (Fsp3) is 0.333. The summed E-state index contributed by atoms with van der Waals surface area (Å²) in [6.45, 7) is 1.59. The molecule has 1 heterocycles. The van der Waals surface area contributed by atoms with E-state index in [0.717, 1.165) is 0 Å². The van der Waals surface area contributed by atoms with Crippen molar-refractivity contribution in [1.29, 1.82) is 0 Å². The summed E-state index contributed by atoms with van der Waals surface area (Å²) >= 11 is 0. The first-order valence-corrected chi connectivity index (χ1v) is 3.88. The van der Waals surface area contributed by atoms with Crippen LogP contribution in [0, 0.1) is 0 Å². The van der Waals surface area contributed by atoms with Crippen molar-refractivity contribution in [3.8, 4) is 5.75 Å². The highest BCUT2D eigenvalue weighted by Gasteiger charge is 2.15. The third kappa shape index (κ3) is 2.18. The minimum Gasteiger partial charge on any atom is -0.497 e. The van der Waals surface area contributed by atoms with Crippen molar-refractivity contribution in [2.24, 2.45) is 0 Å². The molecule has 4 nitrogen and oxygen atoms in total. The number of rotatable bonds is 3. The van der Waals surface area contributed by atoms with E-state index in [1.807, 2.05) is 0 Å². The maximum absolute atomic E-state index is 10.6. The second-order valence-electron chi connectivity index (χ2n) is 2.68. The van der Waals surface area contributed by atoms with Crippen LogP contribution in [0.2, 0.25) is 0 Å². The summed E-state index contributed by atoms with van der Waals surface area (Å²) in [6, 6.07) is 3.30. The summed E-state index contributed by atoms with van der Waals surface area (Å²) in [5.41, 5.74) is 0.506. The first kappa shape index (κ1) is 9.51. The summed E-state index contributed by atoms with van der Waals surface area (Å²) < 4.78 is 4.95. The molecule has 1 aromatic rings. The number of hydrogen-bond acceptors (Lipinski definition) is 3. The number of nitrogens with zero attached hydrogens (tertiary/aromatic N) is 1. The maximum Gasteiger partial charge on any atom is 0.312 e. The third-order valence-corrected chi connectivity index (χ3v) is 1.80. The van der Waals surface area contributed by atoms with Gasteiger partial charge in [0.25, 0.3) is 0 Å². The molecule has 1 rings (SSSR count). The summed E-state index contributed by atoms with van der Waals surface area (Å²) in [6.07, 6.45) is 1.54. The number of pyridine rings is 1. The van der Waals surface area contributed by atoms with Gasteiger partial charge in [-0.2, -0.15) is 0 Å².